The molecule has 2 aromatic rings. The Hall–Kier alpha value is -1.19. The van der Waals surface area contributed by atoms with Crippen LogP contribution in [0.25, 0.3) is 0 Å². The predicted octanol–water partition coefficient (Wildman–Crippen LogP) is -1.96. The molecular weight excluding hydrogens is 329 g/mol. The van der Waals surface area contributed by atoms with E-state index in [1.807, 2.05) is 0 Å². The van der Waals surface area contributed by atoms with E-state index in [0.717, 1.165) is 16.8 Å². The topological polar surface area (TPSA) is 95.3 Å². The van der Waals surface area contributed by atoms with Gasteiger partial charge in [0.2, 0.25) is 5.91 Å². The Bertz CT molecular complexity index is 928. The number of aromatic nitrogens is 2. The number of para-hydroxylation sites is 1. The number of benzene rings is 1. The van der Waals surface area contributed by atoms with Gasteiger partial charge in [0.1, 0.15) is 22.5 Å². The molecule has 0 radical (unpaired) electrons. The molecule has 0 unspecified atom stereocenters. The Balaban J connectivity index is 0.00000420. The fourth-order valence-electron chi connectivity index (χ4n) is 1.87. The van der Waals surface area contributed by atoms with Crippen molar-refractivity contribution < 1.29 is 55.5 Å². The number of rotatable bonds is 5. The molecule has 0 aliphatic rings. The normalized spacial score (nSPS) is 15.9. The molecule has 1 amide bonds. The molecule has 2 rings (SSSR count). The zero-order chi connectivity index (χ0) is 21.3. The number of carbonyl (C=O) groups excluding carboxylic acids is 1. The smallest absolute Gasteiger partial charge is 0.748 e. The van der Waals surface area contributed by atoms with E-state index in [-0.39, 0.29) is 29.6 Å². The van der Waals surface area contributed by atoms with E-state index in [0.29, 0.717) is 4.90 Å². The first-order valence-electron chi connectivity index (χ1n) is 9.05. The number of nitrogens with zero attached hydrogens (tertiary/aromatic N) is 3. The van der Waals surface area contributed by atoms with Crippen molar-refractivity contribution in [2.24, 2.45) is 0 Å². The standard InChI is InChI=1S/C14H17N3O4S.Na/c1-11-5-3-6-12(2)14(11)17(10-16-8-4-7-15-16)13(18)9-22(19,20)21;/h3-8H,9-10H2,1-2H3,(H,19,20,21);/q;+1/p-1/i1D3,2D3;. The van der Waals surface area contributed by atoms with Gasteiger partial charge in [0.05, 0.1) is 5.69 Å². The molecular formula is C14H16N3NaO4S. The summed E-state index contributed by atoms with van der Waals surface area (Å²) in [5, 5.41) is 3.86. The largest absolute Gasteiger partial charge is 1.00 e. The fourth-order valence-corrected chi connectivity index (χ4v) is 2.33. The van der Waals surface area contributed by atoms with Crippen LogP contribution in [0, 0.1) is 13.7 Å². The summed E-state index contributed by atoms with van der Waals surface area (Å²) in [5.74, 6) is -2.74. The molecule has 0 saturated carbocycles. The van der Waals surface area contributed by atoms with Gasteiger partial charge >= 0.3 is 29.6 Å². The van der Waals surface area contributed by atoms with Crippen molar-refractivity contribution >= 4 is 21.7 Å². The first-order chi connectivity index (χ1) is 12.7. The molecule has 1 aromatic heterocycles. The molecule has 0 saturated heterocycles. The van der Waals surface area contributed by atoms with E-state index in [2.05, 4.69) is 5.10 Å². The van der Waals surface area contributed by atoms with Crippen LogP contribution in [0.2, 0.25) is 0 Å². The second kappa shape index (κ2) is 8.07. The Morgan fingerprint density at radius 1 is 1.35 bits per heavy atom. The minimum Gasteiger partial charge on any atom is -0.748 e. The predicted molar refractivity (Wildman–Crippen MR) is 80.2 cm³/mol. The first-order valence-corrected chi connectivity index (χ1v) is 7.63. The Morgan fingerprint density at radius 3 is 2.48 bits per heavy atom. The van der Waals surface area contributed by atoms with Crippen LogP contribution in [-0.2, 0) is 21.6 Å². The summed E-state index contributed by atoms with van der Waals surface area (Å²) >= 11 is 0. The number of hydrogen-bond donors (Lipinski definition) is 0. The zero-order valence-electron chi connectivity index (χ0n) is 18.3. The van der Waals surface area contributed by atoms with E-state index in [1.54, 1.807) is 0 Å². The molecule has 23 heavy (non-hydrogen) atoms. The molecule has 7 nitrogen and oxygen atoms in total. The Labute approximate surface area is 165 Å². The molecule has 1 aromatic carbocycles. The number of hydrogen-bond acceptors (Lipinski definition) is 5. The van der Waals surface area contributed by atoms with Crippen molar-refractivity contribution in [3.05, 3.63) is 47.8 Å². The summed E-state index contributed by atoms with van der Waals surface area (Å²) in [6.07, 6.45) is 2.76. The van der Waals surface area contributed by atoms with Gasteiger partial charge in [-0.05, 0) is 30.9 Å². The van der Waals surface area contributed by atoms with Crippen molar-refractivity contribution in [1.29, 1.82) is 0 Å². The summed E-state index contributed by atoms with van der Waals surface area (Å²) in [7, 11) is -5.00. The number of anilines is 1. The van der Waals surface area contributed by atoms with Crippen LogP contribution in [0.15, 0.2) is 36.7 Å². The van der Waals surface area contributed by atoms with Gasteiger partial charge in [-0.25, -0.2) is 8.42 Å². The van der Waals surface area contributed by atoms with Crippen LogP contribution in [-0.4, -0.2) is 34.4 Å². The third-order valence-corrected chi connectivity index (χ3v) is 3.35. The minimum absolute atomic E-state index is 0. The third kappa shape index (κ3) is 5.43. The number of amides is 1. The van der Waals surface area contributed by atoms with E-state index in [4.69, 9.17) is 8.22 Å². The summed E-state index contributed by atoms with van der Waals surface area (Å²) in [4.78, 5) is 13.2. The van der Waals surface area contributed by atoms with Crippen molar-refractivity contribution in [3.8, 4) is 0 Å². The quantitative estimate of drug-likeness (QED) is 0.460. The minimum atomic E-state index is -5.00. The first kappa shape index (κ1) is 12.2. The molecule has 0 N–H and O–H groups in total. The fraction of sp³-hybridized carbons (Fsp3) is 0.286. The van der Waals surface area contributed by atoms with Gasteiger partial charge in [-0.15, -0.1) is 0 Å². The Morgan fingerprint density at radius 2 is 2.00 bits per heavy atom. The average molecular weight is 351 g/mol. The van der Waals surface area contributed by atoms with Gasteiger partial charge < -0.3 is 4.55 Å². The summed E-state index contributed by atoms with van der Waals surface area (Å²) < 4.78 is 80.6. The molecule has 0 spiro atoms. The molecule has 1 heterocycles. The molecule has 0 aliphatic heterocycles. The van der Waals surface area contributed by atoms with Crippen LogP contribution >= 0.6 is 0 Å². The third-order valence-electron chi connectivity index (χ3n) is 2.75. The molecule has 118 valence electrons. The van der Waals surface area contributed by atoms with Crippen molar-refractivity contribution in [3.63, 3.8) is 0 Å². The monoisotopic (exact) mass is 351 g/mol. The SMILES string of the molecule is [2H]C([2H])([2H])c1cccc(C([2H])([2H])[2H])c1N(Cn1cccn1)C(=O)CS(=O)(=O)[O-].[Na+]. The second-order valence-corrected chi connectivity index (χ2v) is 5.82. The summed E-state index contributed by atoms with van der Waals surface area (Å²) in [6, 6.07) is 4.94. The summed E-state index contributed by atoms with van der Waals surface area (Å²) in [6.45, 7) is -6.11. The summed E-state index contributed by atoms with van der Waals surface area (Å²) in [5.41, 5.74) is -1.43. The van der Waals surface area contributed by atoms with Gasteiger partial charge in [-0.2, -0.15) is 5.10 Å². The molecule has 0 atom stereocenters. The van der Waals surface area contributed by atoms with E-state index in [1.165, 1.54) is 24.5 Å². The van der Waals surface area contributed by atoms with E-state index < -0.39 is 59.0 Å². The van der Waals surface area contributed by atoms with Crippen molar-refractivity contribution in [2.45, 2.75) is 20.4 Å². The van der Waals surface area contributed by atoms with Crippen LogP contribution in [0.1, 0.15) is 19.4 Å². The van der Waals surface area contributed by atoms with Crippen LogP contribution in [0.5, 0.6) is 0 Å². The Kier molecular flexibility index (Phi) is 4.29. The number of carbonyl (C=O) groups is 1. The van der Waals surface area contributed by atoms with Gasteiger partial charge in [-0.3, -0.25) is 14.4 Å². The average Bonchev–Trinajstić information content (AvgIpc) is 3.01. The van der Waals surface area contributed by atoms with Gasteiger partial charge in [-0.1, -0.05) is 18.2 Å². The van der Waals surface area contributed by atoms with Crippen LogP contribution in [0.4, 0.5) is 5.69 Å². The van der Waals surface area contributed by atoms with Gasteiger partial charge in [0.15, 0.2) is 0 Å². The number of aryl methyl sites for hydroxylation is 2. The maximum atomic E-state index is 12.6. The van der Waals surface area contributed by atoms with E-state index >= 15 is 0 Å². The maximum Gasteiger partial charge on any atom is 1.00 e. The zero-order valence-corrected chi connectivity index (χ0v) is 15.1. The van der Waals surface area contributed by atoms with Gasteiger partial charge in [0, 0.05) is 20.6 Å². The molecule has 9 heteroatoms. The molecule has 0 bridgehead atoms. The second-order valence-electron chi connectivity index (χ2n) is 4.41. The molecule has 0 fully saturated rings. The van der Waals surface area contributed by atoms with Crippen LogP contribution in [0.3, 0.4) is 0 Å². The maximum absolute atomic E-state index is 12.6. The van der Waals surface area contributed by atoms with Crippen molar-refractivity contribution in [1.82, 2.24) is 9.78 Å². The van der Waals surface area contributed by atoms with Gasteiger partial charge in [0.25, 0.3) is 0 Å². The molecule has 0 aliphatic carbocycles. The van der Waals surface area contributed by atoms with E-state index in [9.17, 15) is 17.8 Å². The van der Waals surface area contributed by atoms with Crippen molar-refractivity contribution in [2.75, 3.05) is 10.7 Å². The van der Waals surface area contributed by atoms with Crippen LogP contribution < -0.4 is 34.5 Å².